The van der Waals surface area contributed by atoms with E-state index in [4.69, 9.17) is 15.2 Å². The van der Waals surface area contributed by atoms with E-state index in [9.17, 15) is 0 Å². The molecule has 0 unspecified atom stereocenters. The minimum Gasteiger partial charge on any atom is -0.396 e. The molecule has 31 heavy (non-hydrogen) atoms. The van der Waals surface area contributed by atoms with Crippen molar-refractivity contribution in [1.82, 2.24) is 0 Å². The van der Waals surface area contributed by atoms with Crippen molar-refractivity contribution >= 4 is 12.5 Å². The molecule has 3 aromatic rings. The molecule has 3 aromatic carbocycles. The highest BCUT2D eigenvalue weighted by molar-refractivity contribution is 5.63. The first-order valence-electron chi connectivity index (χ1n) is 10.2. The Kier molecular flexibility index (Phi) is 20.5. The van der Waals surface area contributed by atoms with Gasteiger partial charge in [-0.1, -0.05) is 92.6 Å². The summed E-state index contributed by atoms with van der Waals surface area (Å²) < 4.78 is 0. The minimum atomic E-state index is 0.215. The lowest BCUT2D eigenvalue weighted by atomic mass is 10.0. The zero-order valence-electron chi connectivity index (χ0n) is 19.2. The highest BCUT2D eigenvalue weighted by Gasteiger charge is 1.94. The Balaban J connectivity index is 0. The molecule has 0 aliphatic carbocycles. The number of benzene rings is 3. The first kappa shape index (κ1) is 29.8. The fraction of sp³-hybridized carbons (Fsp3) is 0.259. The summed E-state index contributed by atoms with van der Waals surface area (Å²) in [6.07, 6.45) is 1.98. The van der Waals surface area contributed by atoms with Crippen molar-refractivity contribution in [3.63, 3.8) is 0 Å². The Morgan fingerprint density at radius 2 is 1.39 bits per heavy atom. The monoisotopic (exact) mass is 420 g/mol. The SMILES string of the molecule is C#N.C=O.CCC.CNc1cccc(CCO)c1.Cc1ccc(-c2ccccc2)cc1. The molecule has 0 spiro atoms. The van der Waals surface area contributed by atoms with E-state index in [0.717, 1.165) is 12.1 Å². The predicted octanol–water partition coefficient (Wildman–Crippen LogP) is 6.30. The van der Waals surface area contributed by atoms with Gasteiger partial charge in [-0.2, -0.15) is 0 Å². The third-order valence-electron chi connectivity index (χ3n) is 3.77. The molecule has 3 rings (SSSR count). The van der Waals surface area contributed by atoms with Crippen LogP contribution in [-0.2, 0) is 11.2 Å². The molecule has 0 aliphatic rings. The van der Waals surface area contributed by atoms with Crippen LogP contribution in [-0.4, -0.2) is 25.6 Å². The first-order chi connectivity index (χ1) is 15.1. The molecule has 0 radical (unpaired) electrons. The van der Waals surface area contributed by atoms with Crippen LogP contribution in [0.3, 0.4) is 0 Å². The van der Waals surface area contributed by atoms with E-state index in [2.05, 4.69) is 81.2 Å². The molecule has 2 N–H and O–H groups in total. The number of nitriles is 1. The molecule has 4 nitrogen and oxygen atoms in total. The molecule has 0 bridgehead atoms. The second-order valence-corrected chi connectivity index (χ2v) is 6.36. The number of aliphatic hydroxyl groups is 1. The zero-order chi connectivity index (χ0) is 23.9. The summed E-state index contributed by atoms with van der Waals surface area (Å²) in [6, 6.07) is 27.1. The summed E-state index contributed by atoms with van der Waals surface area (Å²) in [6.45, 7) is 12.1. The normalized spacial score (nSPS) is 8.35. The van der Waals surface area contributed by atoms with Crippen LogP contribution in [0.15, 0.2) is 78.9 Å². The lowest BCUT2D eigenvalue weighted by molar-refractivity contribution is -0.0979. The molecule has 0 saturated heterocycles. The topological polar surface area (TPSA) is 73.1 Å². The number of nitrogens with zero attached hydrogens (tertiary/aromatic N) is 1. The van der Waals surface area contributed by atoms with Gasteiger partial charge >= 0.3 is 0 Å². The Hall–Kier alpha value is -3.42. The van der Waals surface area contributed by atoms with Gasteiger partial charge in [0.25, 0.3) is 0 Å². The van der Waals surface area contributed by atoms with Crippen LogP contribution in [0.4, 0.5) is 5.69 Å². The molecule has 166 valence electrons. The number of aliphatic hydroxyl groups excluding tert-OH is 1. The largest absolute Gasteiger partial charge is 0.396 e. The van der Waals surface area contributed by atoms with Crippen LogP contribution in [0, 0.1) is 18.8 Å². The van der Waals surface area contributed by atoms with Gasteiger partial charge in [0.2, 0.25) is 0 Å². The molecule has 0 heterocycles. The maximum Gasteiger partial charge on any atom is 0.106 e. The summed E-state index contributed by atoms with van der Waals surface area (Å²) in [5.41, 5.74) is 6.13. The van der Waals surface area contributed by atoms with Gasteiger partial charge in [0.15, 0.2) is 0 Å². The fourth-order valence-electron chi connectivity index (χ4n) is 2.39. The lowest BCUT2D eigenvalue weighted by Crippen LogP contribution is -1.93. The smallest absolute Gasteiger partial charge is 0.106 e. The average Bonchev–Trinajstić information content (AvgIpc) is 2.84. The highest BCUT2D eigenvalue weighted by atomic mass is 16.2. The van der Waals surface area contributed by atoms with E-state index in [1.807, 2.05) is 44.2 Å². The number of aryl methyl sites for hydroxylation is 1. The van der Waals surface area contributed by atoms with Gasteiger partial charge in [-0.15, -0.1) is 0 Å². The van der Waals surface area contributed by atoms with Gasteiger partial charge in [0, 0.05) is 25.9 Å². The maximum atomic E-state index is 8.66. The van der Waals surface area contributed by atoms with E-state index in [1.165, 1.54) is 28.7 Å². The molecular formula is C27H36N2O2. The van der Waals surface area contributed by atoms with Gasteiger partial charge < -0.3 is 15.2 Å². The van der Waals surface area contributed by atoms with Crippen LogP contribution in [0.25, 0.3) is 11.1 Å². The number of hydrogen-bond acceptors (Lipinski definition) is 4. The fourth-order valence-corrected chi connectivity index (χ4v) is 2.39. The van der Waals surface area contributed by atoms with Gasteiger partial charge in [-0.3, -0.25) is 0 Å². The zero-order valence-corrected chi connectivity index (χ0v) is 19.2. The van der Waals surface area contributed by atoms with E-state index >= 15 is 0 Å². The minimum absolute atomic E-state index is 0.215. The van der Waals surface area contributed by atoms with Crippen LogP contribution in [0.2, 0.25) is 0 Å². The molecular weight excluding hydrogens is 384 g/mol. The van der Waals surface area contributed by atoms with Gasteiger partial charge in [0.05, 0.1) is 0 Å². The third kappa shape index (κ3) is 14.2. The van der Waals surface area contributed by atoms with Gasteiger partial charge in [-0.05, 0) is 42.2 Å². The van der Waals surface area contributed by atoms with Crippen molar-refractivity contribution < 1.29 is 9.90 Å². The molecule has 0 atom stereocenters. The van der Waals surface area contributed by atoms with Crippen molar-refractivity contribution in [1.29, 1.82) is 5.26 Å². The lowest BCUT2D eigenvalue weighted by Gasteiger charge is -2.02. The first-order valence-corrected chi connectivity index (χ1v) is 10.2. The summed E-state index contributed by atoms with van der Waals surface area (Å²) in [4.78, 5) is 8.00. The molecule has 0 amide bonds. The van der Waals surface area contributed by atoms with Crippen LogP contribution >= 0.6 is 0 Å². The number of hydrogen-bond donors (Lipinski definition) is 2. The van der Waals surface area contributed by atoms with E-state index in [0.29, 0.717) is 0 Å². The molecule has 4 heteroatoms. The highest BCUT2D eigenvalue weighted by Crippen LogP contribution is 2.18. The van der Waals surface area contributed by atoms with Crippen LogP contribution in [0.5, 0.6) is 0 Å². The summed E-state index contributed by atoms with van der Waals surface area (Å²) in [7, 11) is 1.89. The summed E-state index contributed by atoms with van der Waals surface area (Å²) >= 11 is 0. The summed E-state index contributed by atoms with van der Waals surface area (Å²) in [5, 5.41) is 18.2. The van der Waals surface area contributed by atoms with Crippen molar-refractivity contribution in [2.75, 3.05) is 19.0 Å². The Morgan fingerprint density at radius 1 is 0.871 bits per heavy atom. The number of rotatable bonds is 4. The van der Waals surface area contributed by atoms with Crippen molar-refractivity contribution in [3.05, 3.63) is 90.0 Å². The van der Waals surface area contributed by atoms with Crippen LogP contribution < -0.4 is 5.32 Å². The van der Waals surface area contributed by atoms with E-state index < -0.39 is 0 Å². The second kappa shape index (κ2) is 21.3. The molecule has 0 saturated carbocycles. The Morgan fingerprint density at radius 3 is 1.87 bits per heavy atom. The van der Waals surface area contributed by atoms with Gasteiger partial charge in [0.1, 0.15) is 6.79 Å². The quantitative estimate of drug-likeness (QED) is 0.520. The predicted molar refractivity (Wildman–Crippen MR) is 133 cm³/mol. The second-order valence-electron chi connectivity index (χ2n) is 6.36. The molecule has 0 aromatic heterocycles. The van der Waals surface area contributed by atoms with E-state index in [1.54, 1.807) is 0 Å². The maximum absolute atomic E-state index is 8.66. The van der Waals surface area contributed by atoms with E-state index in [-0.39, 0.29) is 6.61 Å². The van der Waals surface area contributed by atoms with Crippen molar-refractivity contribution in [2.24, 2.45) is 0 Å². The number of carbonyl (C=O) groups excluding carboxylic acids is 1. The number of carbonyl (C=O) groups is 1. The number of nitrogens with one attached hydrogen (secondary N) is 1. The average molecular weight is 421 g/mol. The number of anilines is 1. The molecule has 0 fully saturated rings. The van der Waals surface area contributed by atoms with Crippen molar-refractivity contribution in [3.8, 4) is 17.7 Å². The Bertz CT molecular complexity index is 800. The van der Waals surface area contributed by atoms with Crippen molar-refractivity contribution in [2.45, 2.75) is 33.6 Å². The Labute approximate surface area is 188 Å². The molecule has 0 aliphatic heterocycles. The third-order valence-corrected chi connectivity index (χ3v) is 3.77. The van der Waals surface area contributed by atoms with Gasteiger partial charge in [-0.25, -0.2) is 5.26 Å². The standard InChI is InChI=1S/C13H12.C9H13NO.C3H8.CHN.CH2O/c1-11-7-9-13(10-8-11)12-5-3-2-4-6-12;1-10-9-4-2-3-8(7-9)5-6-11;1-3-2;2*1-2/h2-10H,1H3;2-4,7,10-11H,5-6H2,1H3;3H2,1-2H3;1H;1H2. The van der Waals surface area contributed by atoms with Crippen LogP contribution in [0.1, 0.15) is 31.4 Å². The summed E-state index contributed by atoms with van der Waals surface area (Å²) in [5.74, 6) is 0.